The maximum Gasteiger partial charge on any atom is 0.282 e. The zero-order valence-electron chi connectivity index (χ0n) is 16.2. The highest BCUT2D eigenvalue weighted by Gasteiger charge is 2.42. The smallest absolute Gasteiger partial charge is 0.282 e. The third-order valence-corrected chi connectivity index (χ3v) is 5.61. The molecule has 0 spiro atoms. The summed E-state index contributed by atoms with van der Waals surface area (Å²) in [7, 11) is 0. The Morgan fingerprint density at radius 3 is 2.14 bits per heavy atom. The fourth-order valence-corrected chi connectivity index (χ4v) is 3.91. The lowest BCUT2D eigenvalue weighted by atomic mass is 9.98. The number of likely N-dealkylation sites (tertiary alicyclic amines) is 1. The minimum Gasteiger partial charge on any atom is -0.366 e. The number of imide groups is 1. The van der Waals surface area contributed by atoms with E-state index in [0.717, 1.165) is 49.0 Å². The van der Waals surface area contributed by atoms with Gasteiger partial charge in [0.2, 0.25) is 0 Å². The first-order chi connectivity index (χ1) is 13.5. The first-order valence-corrected chi connectivity index (χ1v) is 9.68. The Morgan fingerprint density at radius 1 is 0.821 bits per heavy atom. The van der Waals surface area contributed by atoms with Gasteiger partial charge in [-0.2, -0.15) is 0 Å². The molecule has 2 heterocycles. The highest BCUT2D eigenvalue weighted by atomic mass is 19.1. The molecule has 28 heavy (non-hydrogen) atoms. The molecule has 0 saturated carbocycles. The molecule has 0 N–H and O–H groups in total. The van der Waals surface area contributed by atoms with Gasteiger partial charge in [0.25, 0.3) is 11.8 Å². The number of halogens is 1. The van der Waals surface area contributed by atoms with Crippen LogP contribution in [0.3, 0.4) is 0 Å². The van der Waals surface area contributed by atoms with E-state index >= 15 is 0 Å². The van der Waals surface area contributed by atoms with Gasteiger partial charge in [0.05, 0.1) is 11.3 Å². The minimum absolute atomic E-state index is 0.327. The van der Waals surface area contributed by atoms with Gasteiger partial charge in [0.15, 0.2) is 0 Å². The second-order valence-electron chi connectivity index (χ2n) is 7.49. The summed E-state index contributed by atoms with van der Waals surface area (Å²) in [5.41, 5.74) is 4.27. The summed E-state index contributed by atoms with van der Waals surface area (Å²) in [6.45, 7) is 5.55. The molecule has 4 nitrogen and oxygen atoms in total. The summed E-state index contributed by atoms with van der Waals surface area (Å²) in [5, 5.41) is 0. The lowest BCUT2D eigenvalue weighted by molar-refractivity contribution is -0.120. The van der Waals surface area contributed by atoms with Crippen LogP contribution in [0.1, 0.15) is 36.0 Å². The molecule has 1 fully saturated rings. The molecule has 2 amide bonds. The topological polar surface area (TPSA) is 40.6 Å². The summed E-state index contributed by atoms with van der Waals surface area (Å²) < 4.78 is 13.4. The van der Waals surface area contributed by atoms with Crippen LogP contribution in [0.15, 0.2) is 48.2 Å². The Hall–Kier alpha value is -2.95. The number of carbonyl (C=O) groups excluding carboxylic acids is 2. The number of benzene rings is 2. The van der Waals surface area contributed by atoms with Crippen molar-refractivity contribution in [2.24, 2.45) is 0 Å². The number of hydrogen-bond donors (Lipinski definition) is 0. The number of piperidine rings is 1. The molecule has 0 atom stereocenters. The van der Waals surface area contributed by atoms with Gasteiger partial charge in [-0.05, 0) is 74.1 Å². The van der Waals surface area contributed by atoms with E-state index in [1.54, 1.807) is 0 Å². The van der Waals surface area contributed by atoms with E-state index in [9.17, 15) is 14.0 Å². The van der Waals surface area contributed by atoms with Crippen LogP contribution >= 0.6 is 0 Å². The van der Waals surface area contributed by atoms with Gasteiger partial charge in [-0.25, -0.2) is 9.29 Å². The highest BCUT2D eigenvalue weighted by molar-refractivity contribution is 6.45. The van der Waals surface area contributed by atoms with E-state index in [2.05, 4.69) is 0 Å². The molecule has 2 aromatic carbocycles. The highest BCUT2D eigenvalue weighted by Crippen LogP contribution is 2.36. The molecular formula is C23H23FN2O2. The van der Waals surface area contributed by atoms with Gasteiger partial charge in [0.1, 0.15) is 11.5 Å². The molecule has 1 saturated heterocycles. The van der Waals surface area contributed by atoms with E-state index < -0.39 is 5.82 Å². The third-order valence-electron chi connectivity index (χ3n) is 5.61. The SMILES string of the molecule is Cc1ccc(C2=C(N3CCCCC3)C(=O)N(c3ccc(F)cc3)C2=O)cc1C. The molecule has 2 aliphatic heterocycles. The van der Waals surface area contributed by atoms with E-state index in [0.29, 0.717) is 17.0 Å². The summed E-state index contributed by atoms with van der Waals surface area (Å²) in [5.74, 6) is -1.08. The van der Waals surface area contributed by atoms with Crippen LogP contribution < -0.4 is 4.90 Å². The van der Waals surface area contributed by atoms with Gasteiger partial charge in [0, 0.05) is 13.1 Å². The summed E-state index contributed by atoms with van der Waals surface area (Å²) in [4.78, 5) is 29.9. The van der Waals surface area contributed by atoms with Crippen LogP contribution in [-0.4, -0.2) is 29.8 Å². The number of anilines is 1. The Kier molecular flexibility index (Phi) is 4.75. The number of rotatable bonds is 3. The molecule has 0 bridgehead atoms. The van der Waals surface area contributed by atoms with Crippen molar-refractivity contribution < 1.29 is 14.0 Å². The van der Waals surface area contributed by atoms with Crippen molar-refractivity contribution in [1.29, 1.82) is 0 Å². The van der Waals surface area contributed by atoms with Crippen molar-refractivity contribution in [2.45, 2.75) is 33.1 Å². The second-order valence-corrected chi connectivity index (χ2v) is 7.49. The van der Waals surface area contributed by atoms with Crippen molar-refractivity contribution in [1.82, 2.24) is 4.90 Å². The summed E-state index contributed by atoms with van der Waals surface area (Å²) in [6.07, 6.45) is 3.13. The Labute approximate surface area is 164 Å². The second kappa shape index (κ2) is 7.23. The normalized spacial score (nSPS) is 17.7. The van der Waals surface area contributed by atoms with Crippen LogP contribution in [0.4, 0.5) is 10.1 Å². The van der Waals surface area contributed by atoms with Crippen molar-refractivity contribution in [3.8, 4) is 0 Å². The minimum atomic E-state index is -0.401. The van der Waals surface area contributed by atoms with Crippen LogP contribution in [0.25, 0.3) is 5.57 Å². The van der Waals surface area contributed by atoms with E-state index in [1.807, 2.05) is 36.9 Å². The van der Waals surface area contributed by atoms with Crippen LogP contribution in [-0.2, 0) is 9.59 Å². The van der Waals surface area contributed by atoms with Crippen LogP contribution in [0.5, 0.6) is 0 Å². The van der Waals surface area contributed by atoms with Crippen molar-refractivity contribution in [2.75, 3.05) is 18.0 Å². The Bertz CT molecular complexity index is 973. The standard InChI is InChI=1S/C23H23FN2O2/c1-15-6-7-17(14-16(15)2)20-21(25-12-4-3-5-13-25)23(28)26(22(20)27)19-10-8-18(24)9-11-19/h6-11,14H,3-5,12-13H2,1-2H3. The Morgan fingerprint density at radius 2 is 1.50 bits per heavy atom. The number of amides is 2. The molecule has 4 rings (SSSR count). The lowest BCUT2D eigenvalue weighted by Gasteiger charge is -2.29. The van der Waals surface area contributed by atoms with Crippen molar-refractivity contribution in [3.63, 3.8) is 0 Å². The summed E-state index contributed by atoms with van der Waals surface area (Å²) >= 11 is 0. The molecule has 0 unspecified atom stereocenters. The first-order valence-electron chi connectivity index (χ1n) is 9.68. The zero-order chi connectivity index (χ0) is 19.8. The number of aryl methyl sites for hydroxylation is 2. The molecule has 2 aliphatic rings. The van der Waals surface area contributed by atoms with Crippen molar-refractivity contribution >= 4 is 23.1 Å². The molecule has 0 radical (unpaired) electrons. The van der Waals surface area contributed by atoms with Crippen molar-refractivity contribution in [3.05, 3.63) is 70.7 Å². The first kappa shape index (κ1) is 18.4. The van der Waals surface area contributed by atoms with Gasteiger partial charge >= 0.3 is 0 Å². The molecule has 0 aliphatic carbocycles. The lowest BCUT2D eigenvalue weighted by Crippen LogP contribution is -2.37. The maximum atomic E-state index is 13.4. The fraction of sp³-hybridized carbons (Fsp3) is 0.304. The quantitative estimate of drug-likeness (QED) is 0.751. The Balaban J connectivity index is 1.84. The van der Waals surface area contributed by atoms with Gasteiger partial charge in [-0.3, -0.25) is 9.59 Å². The molecule has 2 aromatic rings. The largest absolute Gasteiger partial charge is 0.366 e. The summed E-state index contributed by atoms with van der Waals surface area (Å²) in [6, 6.07) is 11.3. The zero-order valence-corrected chi connectivity index (χ0v) is 16.2. The average molecular weight is 378 g/mol. The average Bonchev–Trinajstić information content (AvgIpc) is 2.96. The van der Waals surface area contributed by atoms with Gasteiger partial charge in [-0.15, -0.1) is 0 Å². The van der Waals surface area contributed by atoms with Gasteiger partial charge in [-0.1, -0.05) is 18.2 Å². The number of carbonyl (C=O) groups is 2. The van der Waals surface area contributed by atoms with E-state index in [-0.39, 0.29) is 11.8 Å². The molecule has 144 valence electrons. The monoisotopic (exact) mass is 378 g/mol. The number of hydrogen-bond acceptors (Lipinski definition) is 3. The van der Waals surface area contributed by atoms with E-state index in [4.69, 9.17) is 0 Å². The molecular weight excluding hydrogens is 355 g/mol. The number of nitrogens with zero attached hydrogens (tertiary/aromatic N) is 2. The van der Waals surface area contributed by atoms with Crippen LogP contribution in [0, 0.1) is 19.7 Å². The van der Waals surface area contributed by atoms with Gasteiger partial charge < -0.3 is 4.90 Å². The maximum absolute atomic E-state index is 13.4. The van der Waals surface area contributed by atoms with Crippen LogP contribution in [0.2, 0.25) is 0 Å². The van der Waals surface area contributed by atoms with E-state index in [1.165, 1.54) is 29.2 Å². The molecule has 0 aromatic heterocycles. The molecule has 5 heteroatoms. The fourth-order valence-electron chi connectivity index (χ4n) is 3.91. The predicted molar refractivity (Wildman–Crippen MR) is 107 cm³/mol. The third kappa shape index (κ3) is 3.11. The predicted octanol–water partition coefficient (Wildman–Crippen LogP) is 4.21.